The monoisotopic (exact) mass is 371 g/mol. The van der Waals surface area contributed by atoms with E-state index in [4.69, 9.17) is 0 Å². The molecule has 0 saturated heterocycles. The van der Waals surface area contributed by atoms with Crippen LogP contribution in [-0.4, -0.2) is 0 Å². The van der Waals surface area contributed by atoms with Crippen LogP contribution in [0.5, 0.6) is 0 Å². The van der Waals surface area contributed by atoms with E-state index in [9.17, 15) is 4.39 Å². The molecule has 0 spiro atoms. The summed E-state index contributed by atoms with van der Waals surface area (Å²) in [5.74, 6) is -0.213. The highest BCUT2D eigenvalue weighted by atomic mass is 79.9. The molecule has 0 aliphatic rings. The van der Waals surface area contributed by atoms with Gasteiger partial charge in [0, 0.05) is 15.0 Å². The summed E-state index contributed by atoms with van der Waals surface area (Å²) in [6.07, 6.45) is 0. The summed E-state index contributed by atoms with van der Waals surface area (Å²) >= 11 is 6.94. The highest BCUT2D eigenvalue weighted by Crippen LogP contribution is 2.29. The maximum atomic E-state index is 12.9. The highest BCUT2D eigenvalue weighted by molar-refractivity contribution is 9.11. The fourth-order valence-electron chi connectivity index (χ4n) is 1.68. The van der Waals surface area contributed by atoms with Crippen LogP contribution in [-0.2, 0) is 0 Å². The number of benzene rings is 2. The second-order valence-corrected chi connectivity index (χ2v) is 5.81. The number of anilines is 1. The zero-order valence-corrected chi connectivity index (χ0v) is 12.9. The summed E-state index contributed by atoms with van der Waals surface area (Å²) in [6.45, 7) is 2.04. The summed E-state index contributed by atoms with van der Waals surface area (Å²) in [4.78, 5) is 0. The van der Waals surface area contributed by atoms with E-state index in [1.165, 1.54) is 12.1 Å². The van der Waals surface area contributed by atoms with E-state index in [0.29, 0.717) is 0 Å². The van der Waals surface area contributed by atoms with Crippen molar-refractivity contribution >= 4 is 37.5 Å². The lowest BCUT2D eigenvalue weighted by Crippen LogP contribution is -2.07. The standard InChI is InChI=1S/C14H12Br2FN/c1-9(10-2-5-12(17)6-3-10)18-14-8-11(15)4-7-13(14)16/h2-9,18H,1H3. The lowest BCUT2D eigenvalue weighted by atomic mass is 10.1. The van der Waals surface area contributed by atoms with Crippen molar-refractivity contribution in [3.8, 4) is 0 Å². The third-order valence-corrected chi connectivity index (χ3v) is 3.86. The van der Waals surface area contributed by atoms with Crippen molar-refractivity contribution in [1.29, 1.82) is 0 Å². The molecule has 0 saturated carbocycles. The van der Waals surface area contributed by atoms with Crippen LogP contribution in [0.2, 0.25) is 0 Å². The average molecular weight is 373 g/mol. The molecule has 2 rings (SSSR count). The molecule has 4 heteroatoms. The number of hydrogen-bond acceptors (Lipinski definition) is 1. The summed E-state index contributed by atoms with van der Waals surface area (Å²) in [5, 5.41) is 3.39. The molecule has 1 nitrogen and oxygen atoms in total. The van der Waals surface area contributed by atoms with Gasteiger partial charge in [0.05, 0.1) is 5.69 Å². The van der Waals surface area contributed by atoms with Gasteiger partial charge in [0.25, 0.3) is 0 Å². The summed E-state index contributed by atoms with van der Waals surface area (Å²) in [6, 6.07) is 12.6. The van der Waals surface area contributed by atoms with Crippen LogP contribution in [0.4, 0.5) is 10.1 Å². The lowest BCUT2D eigenvalue weighted by Gasteiger charge is -2.17. The zero-order chi connectivity index (χ0) is 13.1. The van der Waals surface area contributed by atoms with Crippen molar-refractivity contribution in [2.24, 2.45) is 0 Å². The van der Waals surface area contributed by atoms with Crippen LogP contribution >= 0.6 is 31.9 Å². The molecule has 0 aromatic heterocycles. The molecule has 0 fully saturated rings. The summed E-state index contributed by atoms with van der Waals surface area (Å²) in [5.41, 5.74) is 2.05. The van der Waals surface area contributed by atoms with Crippen molar-refractivity contribution in [2.75, 3.05) is 5.32 Å². The third-order valence-electron chi connectivity index (χ3n) is 2.67. The lowest BCUT2D eigenvalue weighted by molar-refractivity contribution is 0.626. The minimum Gasteiger partial charge on any atom is -0.378 e. The quantitative estimate of drug-likeness (QED) is 0.747. The molecule has 0 aliphatic heterocycles. The van der Waals surface area contributed by atoms with Crippen LogP contribution < -0.4 is 5.32 Å². The Morgan fingerprint density at radius 2 is 1.72 bits per heavy atom. The predicted molar refractivity (Wildman–Crippen MR) is 80.3 cm³/mol. The van der Waals surface area contributed by atoms with Gasteiger partial charge in [-0.15, -0.1) is 0 Å². The SMILES string of the molecule is CC(Nc1cc(Br)ccc1Br)c1ccc(F)cc1. The topological polar surface area (TPSA) is 12.0 Å². The van der Waals surface area contributed by atoms with Crippen LogP contribution in [0.3, 0.4) is 0 Å². The van der Waals surface area contributed by atoms with Crippen molar-refractivity contribution in [3.05, 3.63) is 62.8 Å². The molecule has 0 aliphatic carbocycles. The van der Waals surface area contributed by atoms with Gasteiger partial charge >= 0.3 is 0 Å². The van der Waals surface area contributed by atoms with Gasteiger partial charge in [0.15, 0.2) is 0 Å². The van der Waals surface area contributed by atoms with Crippen LogP contribution in [0.15, 0.2) is 51.4 Å². The first-order valence-corrected chi connectivity index (χ1v) is 7.12. The van der Waals surface area contributed by atoms with Gasteiger partial charge < -0.3 is 5.32 Å². The van der Waals surface area contributed by atoms with Gasteiger partial charge in [0.1, 0.15) is 5.82 Å². The third kappa shape index (κ3) is 3.33. The molecule has 0 heterocycles. The van der Waals surface area contributed by atoms with Crippen molar-refractivity contribution < 1.29 is 4.39 Å². The molecule has 1 N–H and O–H groups in total. The molecule has 0 radical (unpaired) electrons. The van der Waals surface area contributed by atoms with E-state index in [2.05, 4.69) is 37.2 Å². The second kappa shape index (κ2) is 5.85. The van der Waals surface area contributed by atoms with Crippen molar-refractivity contribution in [1.82, 2.24) is 0 Å². The van der Waals surface area contributed by atoms with Gasteiger partial charge in [-0.3, -0.25) is 0 Å². The fourth-order valence-corrected chi connectivity index (χ4v) is 2.40. The normalized spacial score (nSPS) is 12.2. The highest BCUT2D eigenvalue weighted by Gasteiger charge is 2.08. The minimum atomic E-state index is -0.213. The first-order valence-electron chi connectivity index (χ1n) is 5.53. The molecule has 1 atom stereocenters. The molecule has 94 valence electrons. The Bertz CT molecular complexity index is 540. The molecule has 0 amide bonds. The Morgan fingerprint density at radius 1 is 1.06 bits per heavy atom. The average Bonchev–Trinajstić information content (AvgIpc) is 2.34. The number of rotatable bonds is 3. The van der Waals surface area contributed by atoms with Gasteiger partial charge in [0.2, 0.25) is 0 Å². The van der Waals surface area contributed by atoms with Gasteiger partial charge in [-0.25, -0.2) is 4.39 Å². The molecular formula is C14H12Br2FN. The molecule has 18 heavy (non-hydrogen) atoms. The fraction of sp³-hybridized carbons (Fsp3) is 0.143. The van der Waals surface area contributed by atoms with Crippen molar-refractivity contribution in [3.63, 3.8) is 0 Å². The molecule has 2 aromatic carbocycles. The van der Waals surface area contributed by atoms with Crippen LogP contribution in [0.25, 0.3) is 0 Å². The van der Waals surface area contributed by atoms with Crippen molar-refractivity contribution in [2.45, 2.75) is 13.0 Å². The number of halogens is 3. The maximum absolute atomic E-state index is 12.9. The van der Waals surface area contributed by atoms with Gasteiger partial charge in [-0.1, -0.05) is 28.1 Å². The van der Waals surface area contributed by atoms with E-state index in [1.807, 2.05) is 25.1 Å². The molecular weight excluding hydrogens is 361 g/mol. The second-order valence-electron chi connectivity index (χ2n) is 4.04. The molecule has 2 aromatic rings. The number of hydrogen-bond donors (Lipinski definition) is 1. The summed E-state index contributed by atoms with van der Waals surface area (Å²) in [7, 11) is 0. The van der Waals surface area contributed by atoms with E-state index in [1.54, 1.807) is 12.1 Å². The first kappa shape index (κ1) is 13.6. The zero-order valence-electron chi connectivity index (χ0n) is 9.75. The largest absolute Gasteiger partial charge is 0.378 e. The van der Waals surface area contributed by atoms with Crippen LogP contribution in [0, 0.1) is 5.82 Å². The Balaban J connectivity index is 2.18. The Morgan fingerprint density at radius 3 is 2.39 bits per heavy atom. The molecule has 0 bridgehead atoms. The Labute approximate surface area is 123 Å². The van der Waals surface area contributed by atoms with E-state index in [-0.39, 0.29) is 11.9 Å². The van der Waals surface area contributed by atoms with Gasteiger partial charge in [-0.2, -0.15) is 0 Å². The van der Waals surface area contributed by atoms with E-state index in [0.717, 1.165) is 20.2 Å². The Hall–Kier alpha value is -0.870. The van der Waals surface area contributed by atoms with Gasteiger partial charge in [-0.05, 0) is 58.7 Å². The van der Waals surface area contributed by atoms with Crippen LogP contribution in [0.1, 0.15) is 18.5 Å². The first-order chi connectivity index (χ1) is 8.56. The summed E-state index contributed by atoms with van der Waals surface area (Å²) < 4.78 is 14.9. The Kier molecular flexibility index (Phi) is 4.40. The smallest absolute Gasteiger partial charge is 0.123 e. The number of nitrogens with one attached hydrogen (secondary N) is 1. The molecule has 1 unspecified atom stereocenters. The minimum absolute atomic E-state index is 0.108. The van der Waals surface area contributed by atoms with E-state index < -0.39 is 0 Å². The maximum Gasteiger partial charge on any atom is 0.123 e. The van der Waals surface area contributed by atoms with E-state index >= 15 is 0 Å². The predicted octanol–water partition coefficient (Wildman–Crippen LogP) is 5.52.